The molecule has 0 fully saturated rings. The zero-order chi connectivity index (χ0) is 15.2. The van der Waals surface area contributed by atoms with Crippen molar-refractivity contribution in [3.8, 4) is 0 Å². The third kappa shape index (κ3) is 3.53. The minimum Gasteiger partial charge on any atom is -0.469 e. The van der Waals surface area contributed by atoms with E-state index in [1.54, 1.807) is 6.26 Å². The smallest absolute Gasteiger partial charge is 0.163 e. The second-order valence-electron chi connectivity index (χ2n) is 5.40. The number of ketones is 1. The van der Waals surface area contributed by atoms with Crippen molar-refractivity contribution in [3.05, 3.63) is 95.9 Å². The van der Waals surface area contributed by atoms with E-state index in [0.717, 1.165) is 17.7 Å². The molecule has 110 valence electrons. The summed E-state index contributed by atoms with van der Waals surface area (Å²) in [4.78, 5) is 12.5. The lowest BCUT2D eigenvalue weighted by atomic mass is 9.90. The van der Waals surface area contributed by atoms with Gasteiger partial charge in [-0.3, -0.25) is 4.79 Å². The van der Waals surface area contributed by atoms with E-state index in [1.165, 1.54) is 5.56 Å². The Morgan fingerprint density at radius 3 is 2.18 bits per heavy atom. The van der Waals surface area contributed by atoms with Crippen molar-refractivity contribution in [2.24, 2.45) is 0 Å². The van der Waals surface area contributed by atoms with E-state index < -0.39 is 0 Å². The van der Waals surface area contributed by atoms with Crippen LogP contribution >= 0.6 is 0 Å². The third-order valence-electron chi connectivity index (χ3n) is 3.80. The van der Waals surface area contributed by atoms with Gasteiger partial charge in [-0.1, -0.05) is 60.7 Å². The summed E-state index contributed by atoms with van der Waals surface area (Å²) in [5.41, 5.74) is 1.97. The molecule has 2 heteroatoms. The molecule has 0 N–H and O–H groups in total. The molecule has 2 nitrogen and oxygen atoms in total. The first-order valence-electron chi connectivity index (χ1n) is 7.48. The molecule has 0 amide bonds. The Kier molecular flexibility index (Phi) is 4.50. The van der Waals surface area contributed by atoms with Crippen LogP contribution in [0, 0.1) is 0 Å². The number of rotatable bonds is 6. The molecule has 3 aromatic rings. The van der Waals surface area contributed by atoms with Gasteiger partial charge in [0, 0.05) is 17.9 Å². The minimum atomic E-state index is 0.0603. The molecule has 2 aromatic carbocycles. The first kappa shape index (κ1) is 14.3. The van der Waals surface area contributed by atoms with E-state index in [-0.39, 0.29) is 11.7 Å². The van der Waals surface area contributed by atoms with Crippen molar-refractivity contribution in [1.82, 2.24) is 0 Å². The average molecular weight is 290 g/mol. The Hall–Kier alpha value is -2.61. The van der Waals surface area contributed by atoms with Gasteiger partial charge in [0.2, 0.25) is 0 Å². The molecule has 0 spiro atoms. The second kappa shape index (κ2) is 6.90. The SMILES string of the molecule is O=C(CC(Cc1ccccc1)c1ccco1)c1ccccc1. The normalized spacial score (nSPS) is 12.0. The summed E-state index contributed by atoms with van der Waals surface area (Å²) >= 11 is 0. The van der Waals surface area contributed by atoms with Crippen molar-refractivity contribution in [2.45, 2.75) is 18.8 Å². The molecule has 1 aromatic heterocycles. The van der Waals surface area contributed by atoms with Gasteiger partial charge in [0.15, 0.2) is 5.78 Å². The molecule has 22 heavy (non-hydrogen) atoms. The monoisotopic (exact) mass is 290 g/mol. The number of hydrogen-bond acceptors (Lipinski definition) is 2. The highest BCUT2D eigenvalue weighted by Crippen LogP contribution is 2.26. The van der Waals surface area contributed by atoms with Gasteiger partial charge in [-0.25, -0.2) is 0 Å². The van der Waals surface area contributed by atoms with E-state index in [9.17, 15) is 4.79 Å². The predicted octanol–water partition coefficient (Wildman–Crippen LogP) is 4.88. The highest BCUT2D eigenvalue weighted by molar-refractivity contribution is 5.96. The number of furan rings is 1. The fourth-order valence-corrected chi connectivity index (χ4v) is 2.66. The minimum absolute atomic E-state index is 0.0603. The van der Waals surface area contributed by atoms with Gasteiger partial charge in [0.05, 0.1) is 6.26 Å². The predicted molar refractivity (Wildman–Crippen MR) is 87.0 cm³/mol. The molecular weight excluding hydrogens is 272 g/mol. The van der Waals surface area contributed by atoms with Gasteiger partial charge >= 0.3 is 0 Å². The van der Waals surface area contributed by atoms with Crippen LogP contribution in [0.25, 0.3) is 0 Å². The molecule has 1 heterocycles. The van der Waals surface area contributed by atoms with Crippen LogP contribution < -0.4 is 0 Å². The van der Waals surface area contributed by atoms with Crippen LogP contribution in [0.1, 0.15) is 34.0 Å². The Labute approximate surface area is 130 Å². The highest BCUT2D eigenvalue weighted by atomic mass is 16.3. The van der Waals surface area contributed by atoms with Crippen LogP contribution in [0.4, 0.5) is 0 Å². The zero-order valence-corrected chi connectivity index (χ0v) is 12.3. The summed E-state index contributed by atoms with van der Waals surface area (Å²) < 4.78 is 5.55. The summed E-state index contributed by atoms with van der Waals surface area (Å²) in [6.07, 6.45) is 2.92. The lowest BCUT2D eigenvalue weighted by Gasteiger charge is -2.14. The van der Waals surface area contributed by atoms with Crippen molar-refractivity contribution < 1.29 is 9.21 Å². The maximum Gasteiger partial charge on any atom is 0.163 e. The number of hydrogen-bond donors (Lipinski definition) is 0. The summed E-state index contributed by atoms with van der Waals surface area (Å²) in [6, 6.07) is 23.5. The fraction of sp³-hybridized carbons (Fsp3) is 0.150. The summed E-state index contributed by atoms with van der Waals surface area (Å²) in [5.74, 6) is 1.08. The largest absolute Gasteiger partial charge is 0.469 e. The van der Waals surface area contributed by atoms with E-state index >= 15 is 0 Å². The molecule has 0 aliphatic rings. The van der Waals surface area contributed by atoms with E-state index in [2.05, 4.69) is 12.1 Å². The Morgan fingerprint density at radius 2 is 1.55 bits per heavy atom. The first-order chi connectivity index (χ1) is 10.8. The van der Waals surface area contributed by atoms with Gasteiger partial charge < -0.3 is 4.42 Å². The molecule has 0 radical (unpaired) electrons. The molecule has 0 saturated heterocycles. The molecule has 0 aliphatic carbocycles. The molecule has 1 atom stereocenters. The van der Waals surface area contributed by atoms with Crippen molar-refractivity contribution in [3.63, 3.8) is 0 Å². The van der Waals surface area contributed by atoms with Gasteiger partial charge in [0.1, 0.15) is 5.76 Å². The Morgan fingerprint density at radius 1 is 0.864 bits per heavy atom. The van der Waals surface area contributed by atoms with E-state index in [1.807, 2.05) is 60.7 Å². The lowest BCUT2D eigenvalue weighted by molar-refractivity contribution is 0.0970. The summed E-state index contributed by atoms with van der Waals surface area (Å²) in [6.45, 7) is 0. The topological polar surface area (TPSA) is 30.2 Å². The average Bonchev–Trinajstić information content (AvgIpc) is 3.10. The maximum atomic E-state index is 12.5. The number of carbonyl (C=O) groups excluding carboxylic acids is 1. The van der Waals surface area contributed by atoms with Gasteiger partial charge in [-0.15, -0.1) is 0 Å². The summed E-state index contributed by atoms with van der Waals surface area (Å²) in [5, 5.41) is 0. The Bertz CT molecular complexity index is 700. The van der Waals surface area contributed by atoms with E-state index in [4.69, 9.17) is 4.42 Å². The standard InChI is InChI=1S/C20H18O2/c21-19(17-10-5-2-6-11-17)15-18(20-12-7-13-22-20)14-16-8-3-1-4-9-16/h1-13,18H,14-15H2. The van der Waals surface area contributed by atoms with Crippen LogP contribution in [0.3, 0.4) is 0 Å². The molecular formula is C20H18O2. The van der Waals surface area contributed by atoms with Crippen molar-refractivity contribution in [2.75, 3.05) is 0 Å². The second-order valence-corrected chi connectivity index (χ2v) is 5.40. The maximum absolute atomic E-state index is 12.5. The first-order valence-corrected chi connectivity index (χ1v) is 7.48. The molecule has 0 saturated carbocycles. The molecule has 0 bridgehead atoms. The van der Waals surface area contributed by atoms with Crippen molar-refractivity contribution >= 4 is 5.78 Å². The number of benzene rings is 2. The molecule has 3 rings (SSSR count). The highest BCUT2D eigenvalue weighted by Gasteiger charge is 2.20. The molecule has 1 unspecified atom stereocenters. The lowest BCUT2D eigenvalue weighted by Crippen LogP contribution is -2.09. The van der Waals surface area contributed by atoms with Crippen molar-refractivity contribution in [1.29, 1.82) is 0 Å². The van der Waals surface area contributed by atoms with Crippen LogP contribution in [0.2, 0.25) is 0 Å². The fourth-order valence-electron chi connectivity index (χ4n) is 2.66. The number of carbonyl (C=O) groups is 1. The quantitative estimate of drug-likeness (QED) is 0.606. The van der Waals surface area contributed by atoms with Gasteiger partial charge in [-0.2, -0.15) is 0 Å². The zero-order valence-electron chi connectivity index (χ0n) is 12.3. The van der Waals surface area contributed by atoms with Crippen LogP contribution in [0.5, 0.6) is 0 Å². The Balaban J connectivity index is 1.79. The van der Waals surface area contributed by atoms with Crippen LogP contribution in [0.15, 0.2) is 83.5 Å². The van der Waals surface area contributed by atoms with Crippen LogP contribution in [-0.2, 0) is 6.42 Å². The third-order valence-corrected chi connectivity index (χ3v) is 3.80. The number of Topliss-reactive ketones (excluding diaryl/α,β-unsaturated/α-hetero) is 1. The summed E-state index contributed by atoms with van der Waals surface area (Å²) in [7, 11) is 0. The molecule has 0 aliphatic heterocycles. The van der Waals surface area contributed by atoms with Crippen LogP contribution in [-0.4, -0.2) is 5.78 Å². The van der Waals surface area contributed by atoms with Gasteiger partial charge in [0.25, 0.3) is 0 Å². The van der Waals surface area contributed by atoms with E-state index in [0.29, 0.717) is 6.42 Å². The van der Waals surface area contributed by atoms with Gasteiger partial charge in [-0.05, 0) is 24.1 Å².